The second-order valence-electron chi connectivity index (χ2n) is 6.24. The number of aromatic nitrogens is 2. The van der Waals surface area contributed by atoms with E-state index in [0.29, 0.717) is 51.0 Å². The number of hydrogen-bond donors (Lipinski definition) is 1. The van der Waals surface area contributed by atoms with Crippen molar-refractivity contribution in [3.8, 4) is 11.5 Å². The molecule has 0 amide bonds. The smallest absolute Gasteiger partial charge is 0.348 e. The van der Waals surface area contributed by atoms with Gasteiger partial charge >= 0.3 is 5.97 Å². The zero-order valence-corrected chi connectivity index (χ0v) is 17.5. The molecule has 29 heavy (non-hydrogen) atoms. The summed E-state index contributed by atoms with van der Waals surface area (Å²) in [7, 11) is 4.67. The maximum atomic E-state index is 12.6. The van der Waals surface area contributed by atoms with Gasteiger partial charge in [0.2, 0.25) is 0 Å². The van der Waals surface area contributed by atoms with Gasteiger partial charge in [0.25, 0.3) is 5.56 Å². The number of rotatable bonds is 8. The summed E-state index contributed by atoms with van der Waals surface area (Å²) < 4.78 is 20.6. The number of benzene rings is 1. The second-order valence-corrected chi connectivity index (χ2v) is 7.24. The first-order chi connectivity index (χ1) is 14.0. The van der Waals surface area contributed by atoms with Crippen LogP contribution in [0.5, 0.6) is 11.5 Å². The first-order valence-electron chi connectivity index (χ1n) is 8.87. The standard InChI is InChI=1S/C20H22N2O6S/c1-11-16-18(23)21-15(10-12-5-6-13(26-3)14(9-12)27-4)22-19(16)29-17(11)20(24)28-8-7-25-2/h5-6,9H,7-8,10H2,1-4H3,(H,21,22,23). The molecule has 3 aromatic rings. The van der Waals surface area contributed by atoms with Gasteiger partial charge in [-0.1, -0.05) is 6.07 Å². The number of nitrogens with zero attached hydrogens (tertiary/aromatic N) is 1. The summed E-state index contributed by atoms with van der Waals surface area (Å²) in [5.41, 5.74) is 1.19. The third-order valence-electron chi connectivity index (χ3n) is 4.38. The highest BCUT2D eigenvalue weighted by Gasteiger charge is 2.20. The van der Waals surface area contributed by atoms with Crippen LogP contribution in [0.3, 0.4) is 0 Å². The molecule has 0 aliphatic rings. The van der Waals surface area contributed by atoms with Crippen molar-refractivity contribution in [1.82, 2.24) is 9.97 Å². The number of aromatic amines is 1. The van der Waals surface area contributed by atoms with Crippen molar-refractivity contribution in [3.05, 3.63) is 50.4 Å². The lowest BCUT2D eigenvalue weighted by molar-refractivity contribution is 0.0393. The molecule has 3 rings (SSSR count). The molecule has 154 valence electrons. The molecule has 0 aliphatic carbocycles. The van der Waals surface area contributed by atoms with E-state index in [-0.39, 0.29) is 12.2 Å². The fraction of sp³-hybridized carbons (Fsp3) is 0.350. The van der Waals surface area contributed by atoms with Crippen molar-refractivity contribution in [2.24, 2.45) is 0 Å². The van der Waals surface area contributed by atoms with Crippen LogP contribution < -0.4 is 15.0 Å². The van der Waals surface area contributed by atoms with Crippen molar-refractivity contribution in [2.75, 3.05) is 34.5 Å². The number of H-pyrrole nitrogens is 1. The first-order valence-corrected chi connectivity index (χ1v) is 9.69. The van der Waals surface area contributed by atoms with E-state index in [4.69, 9.17) is 18.9 Å². The van der Waals surface area contributed by atoms with E-state index < -0.39 is 5.97 Å². The molecule has 2 aromatic heterocycles. The summed E-state index contributed by atoms with van der Waals surface area (Å²) in [5.74, 6) is 1.24. The van der Waals surface area contributed by atoms with Gasteiger partial charge < -0.3 is 23.9 Å². The van der Waals surface area contributed by atoms with Gasteiger partial charge in [0.15, 0.2) is 11.5 Å². The molecular formula is C20H22N2O6S. The third kappa shape index (κ3) is 4.41. The van der Waals surface area contributed by atoms with E-state index in [1.165, 1.54) is 7.11 Å². The van der Waals surface area contributed by atoms with Crippen molar-refractivity contribution in [3.63, 3.8) is 0 Å². The van der Waals surface area contributed by atoms with Crippen molar-refractivity contribution >= 4 is 27.5 Å². The number of carbonyl (C=O) groups excluding carboxylic acids is 1. The van der Waals surface area contributed by atoms with Gasteiger partial charge in [0.1, 0.15) is 22.1 Å². The highest BCUT2D eigenvalue weighted by atomic mass is 32.1. The van der Waals surface area contributed by atoms with Crippen LogP contribution in [-0.2, 0) is 15.9 Å². The molecule has 0 unspecified atom stereocenters. The maximum Gasteiger partial charge on any atom is 0.348 e. The Morgan fingerprint density at radius 1 is 1.14 bits per heavy atom. The maximum absolute atomic E-state index is 12.6. The van der Waals surface area contributed by atoms with Crippen LogP contribution >= 0.6 is 11.3 Å². The van der Waals surface area contributed by atoms with E-state index >= 15 is 0 Å². The van der Waals surface area contributed by atoms with Crippen LogP contribution in [0.1, 0.15) is 26.6 Å². The van der Waals surface area contributed by atoms with Gasteiger partial charge in [-0.25, -0.2) is 9.78 Å². The molecule has 8 nitrogen and oxygen atoms in total. The molecule has 0 atom stereocenters. The molecule has 0 fully saturated rings. The van der Waals surface area contributed by atoms with Crippen LogP contribution in [0, 0.1) is 6.92 Å². The fourth-order valence-corrected chi connectivity index (χ4v) is 4.03. The lowest BCUT2D eigenvalue weighted by Crippen LogP contribution is -2.12. The van der Waals surface area contributed by atoms with Crippen molar-refractivity contribution < 1.29 is 23.7 Å². The predicted molar refractivity (Wildman–Crippen MR) is 109 cm³/mol. The summed E-state index contributed by atoms with van der Waals surface area (Å²) in [6.45, 7) is 2.18. The molecule has 1 N–H and O–H groups in total. The Hall–Kier alpha value is -2.91. The normalized spacial score (nSPS) is 10.9. The number of nitrogens with one attached hydrogen (secondary N) is 1. The molecule has 1 aromatic carbocycles. The van der Waals surface area contributed by atoms with Crippen LogP contribution in [0.15, 0.2) is 23.0 Å². The van der Waals surface area contributed by atoms with Gasteiger partial charge in [-0.05, 0) is 30.2 Å². The SMILES string of the molecule is COCCOC(=O)c1sc2nc(Cc3ccc(OC)c(OC)c3)[nH]c(=O)c2c1C. The molecule has 0 saturated heterocycles. The quantitative estimate of drug-likeness (QED) is 0.443. The Kier molecular flexibility index (Phi) is 6.50. The largest absolute Gasteiger partial charge is 0.493 e. The predicted octanol–water partition coefficient (Wildman–Crippen LogP) is 2.70. The minimum atomic E-state index is -0.483. The highest BCUT2D eigenvalue weighted by Crippen LogP contribution is 2.30. The molecule has 0 aliphatic heterocycles. The number of carbonyl (C=O) groups is 1. The lowest BCUT2D eigenvalue weighted by atomic mass is 10.1. The number of aryl methyl sites for hydroxylation is 1. The molecule has 0 radical (unpaired) electrons. The number of fused-ring (bicyclic) bond motifs is 1. The summed E-state index contributed by atoms with van der Waals surface area (Å²) in [6, 6.07) is 5.51. The Labute approximate surface area is 171 Å². The summed E-state index contributed by atoms with van der Waals surface area (Å²) >= 11 is 1.15. The summed E-state index contributed by atoms with van der Waals surface area (Å²) in [5, 5.41) is 0.407. The van der Waals surface area contributed by atoms with Gasteiger partial charge in [-0.3, -0.25) is 4.79 Å². The Balaban J connectivity index is 1.91. The average molecular weight is 418 g/mol. The van der Waals surface area contributed by atoms with E-state index in [1.54, 1.807) is 27.2 Å². The van der Waals surface area contributed by atoms with Crippen LogP contribution in [0.4, 0.5) is 0 Å². The molecule has 0 bridgehead atoms. The third-order valence-corrected chi connectivity index (χ3v) is 5.54. The topological polar surface area (TPSA) is 99.7 Å². The molecule has 2 heterocycles. The van der Waals surface area contributed by atoms with Gasteiger partial charge in [0, 0.05) is 13.5 Å². The van der Waals surface area contributed by atoms with E-state index in [2.05, 4.69) is 9.97 Å². The van der Waals surface area contributed by atoms with Gasteiger partial charge in [-0.2, -0.15) is 0 Å². The van der Waals surface area contributed by atoms with E-state index in [0.717, 1.165) is 16.9 Å². The van der Waals surface area contributed by atoms with Crippen LogP contribution in [0.25, 0.3) is 10.2 Å². The van der Waals surface area contributed by atoms with Crippen molar-refractivity contribution in [1.29, 1.82) is 0 Å². The molecule has 9 heteroatoms. The molecular weight excluding hydrogens is 396 g/mol. The fourth-order valence-electron chi connectivity index (χ4n) is 2.93. The number of esters is 1. The Morgan fingerprint density at radius 3 is 2.59 bits per heavy atom. The summed E-state index contributed by atoms with van der Waals surface area (Å²) in [6.07, 6.45) is 0.399. The second kappa shape index (κ2) is 9.06. The molecule has 0 saturated carbocycles. The highest BCUT2D eigenvalue weighted by molar-refractivity contribution is 7.20. The number of methoxy groups -OCH3 is 3. The minimum Gasteiger partial charge on any atom is -0.493 e. The Morgan fingerprint density at radius 2 is 1.90 bits per heavy atom. The summed E-state index contributed by atoms with van der Waals surface area (Å²) in [4.78, 5) is 33.1. The average Bonchev–Trinajstić information content (AvgIpc) is 3.04. The minimum absolute atomic E-state index is 0.150. The first kappa shape index (κ1) is 20.8. The number of ether oxygens (including phenoxy) is 4. The van der Waals surface area contributed by atoms with Crippen LogP contribution in [0.2, 0.25) is 0 Å². The van der Waals surface area contributed by atoms with E-state index in [1.807, 2.05) is 12.1 Å². The molecule has 0 spiro atoms. The van der Waals surface area contributed by atoms with Crippen molar-refractivity contribution in [2.45, 2.75) is 13.3 Å². The number of hydrogen-bond acceptors (Lipinski definition) is 8. The number of thiophene rings is 1. The van der Waals surface area contributed by atoms with Crippen LogP contribution in [-0.4, -0.2) is 50.5 Å². The zero-order valence-electron chi connectivity index (χ0n) is 16.7. The van der Waals surface area contributed by atoms with Gasteiger partial charge in [0.05, 0.1) is 26.2 Å². The Bertz CT molecular complexity index is 1090. The zero-order chi connectivity index (χ0) is 21.0. The van der Waals surface area contributed by atoms with Gasteiger partial charge in [-0.15, -0.1) is 11.3 Å². The van der Waals surface area contributed by atoms with E-state index in [9.17, 15) is 9.59 Å². The lowest BCUT2D eigenvalue weighted by Gasteiger charge is -2.09. The monoisotopic (exact) mass is 418 g/mol.